The van der Waals surface area contributed by atoms with E-state index in [0.29, 0.717) is 0 Å². The van der Waals surface area contributed by atoms with Gasteiger partial charge in [0.2, 0.25) is 0 Å². The van der Waals surface area contributed by atoms with E-state index in [1.54, 1.807) is 0 Å². The minimum atomic E-state index is 0. The average Bonchev–Trinajstić information content (AvgIpc) is 3.17. The summed E-state index contributed by atoms with van der Waals surface area (Å²) in [5.74, 6) is 3.23. The molecule has 0 amide bonds. The third-order valence-corrected chi connectivity index (χ3v) is 4.47. The van der Waals surface area contributed by atoms with Crippen LogP contribution in [0, 0.1) is 36.5 Å². The molecule has 4 unspecified atom stereocenters. The molecular weight excluding hydrogens is 402 g/mol. The maximum absolute atomic E-state index is 2.42. The van der Waals surface area contributed by atoms with E-state index >= 15 is 0 Å². The number of rotatable bonds is 0. The van der Waals surface area contributed by atoms with E-state index in [1.807, 2.05) is 6.92 Å². The Hall–Kier alpha value is 0.293. The summed E-state index contributed by atoms with van der Waals surface area (Å²) in [7, 11) is 0. The van der Waals surface area contributed by atoms with Gasteiger partial charge in [0, 0.05) is 0 Å². The standard InChI is InChI=1S/2C9H11.C2H4.2ClH.Zr/c2*1-2-5-9-7-3-6-8(9)4-1;1-2;;;/h2*1-2,4-6,8-9H,3,7H2;1H,2H3;2*1H;/q2*-1;;;;+2/p-2. The van der Waals surface area contributed by atoms with Crippen molar-refractivity contribution in [2.45, 2.75) is 32.6 Å². The monoisotopic (exact) mass is 426 g/mol. The van der Waals surface area contributed by atoms with E-state index in [1.165, 1.54) is 49.9 Å². The molecule has 0 N–H and O–H groups in total. The molecule has 4 aliphatic rings. The largest absolute Gasteiger partial charge is 1.00 e. The van der Waals surface area contributed by atoms with Gasteiger partial charge < -0.3 is 37.7 Å². The zero-order valence-electron chi connectivity index (χ0n) is 13.7. The van der Waals surface area contributed by atoms with Gasteiger partial charge in [-0.1, -0.05) is 49.3 Å². The molecule has 0 aliphatic heterocycles. The topological polar surface area (TPSA) is 0 Å². The summed E-state index contributed by atoms with van der Waals surface area (Å²) in [6.45, 7) is 2.04. The van der Waals surface area contributed by atoms with Crippen LogP contribution in [-0.4, -0.2) is 3.71 Å². The first kappa shape index (κ1) is 23.3. The average molecular weight is 429 g/mol. The van der Waals surface area contributed by atoms with E-state index in [9.17, 15) is 0 Å². The Morgan fingerprint density at radius 1 is 0.783 bits per heavy atom. The SMILES string of the molecule is C1=CC2[CH-]CCC2C=C1.C1=CC2[CH-]CCC2C=C1.C[CH]=[Zr+2].[Cl-].[Cl-]. The molecule has 0 nitrogen and oxygen atoms in total. The Morgan fingerprint density at radius 3 is 1.48 bits per heavy atom. The van der Waals surface area contributed by atoms with Crippen LogP contribution in [0.25, 0.3) is 0 Å². The maximum Gasteiger partial charge on any atom is -1.00 e. The molecule has 0 heterocycles. The molecule has 0 spiro atoms. The third kappa shape index (κ3) is 7.81. The van der Waals surface area contributed by atoms with Gasteiger partial charge in [-0.05, 0) is 11.8 Å². The number of fused-ring (bicyclic) bond motifs is 2. The van der Waals surface area contributed by atoms with Gasteiger partial charge >= 0.3 is 34.9 Å². The van der Waals surface area contributed by atoms with Crippen molar-refractivity contribution >= 4 is 3.71 Å². The van der Waals surface area contributed by atoms with Crippen LogP contribution in [-0.2, 0) is 24.2 Å². The van der Waals surface area contributed by atoms with Crippen molar-refractivity contribution in [1.82, 2.24) is 0 Å². The van der Waals surface area contributed by atoms with Crippen molar-refractivity contribution in [3.63, 3.8) is 0 Å². The Bertz CT molecular complexity index is 363. The van der Waals surface area contributed by atoms with Crippen LogP contribution in [0.1, 0.15) is 32.6 Å². The normalized spacial score (nSPS) is 31.3. The van der Waals surface area contributed by atoms with E-state index < -0.39 is 0 Å². The molecule has 4 atom stereocenters. The van der Waals surface area contributed by atoms with Crippen LogP contribution in [0.4, 0.5) is 0 Å². The zero-order valence-corrected chi connectivity index (χ0v) is 17.7. The van der Waals surface area contributed by atoms with Crippen molar-refractivity contribution in [1.29, 1.82) is 0 Å². The fourth-order valence-corrected chi connectivity index (χ4v) is 3.39. The first-order valence-corrected chi connectivity index (χ1v) is 9.58. The predicted molar refractivity (Wildman–Crippen MR) is 89.3 cm³/mol. The van der Waals surface area contributed by atoms with Gasteiger partial charge in [-0.3, -0.25) is 0 Å². The Labute approximate surface area is 169 Å². The van der Waals surface area contributed by atoms with Gasteiger partial charge in [0.05, 0.1) is 0 Å². The molecule has 4 rings (SSSR count). The minimum Gasteiger partial charge on any atom is -1.00 e. The summed E-state index contributed by atoms with van der Waals surface area (Å²) >= 11 is 1.51. The fourth-order valence-electron chi connectivity index (χ4n) is 3.39. The summed E-state index contributed by atoms with van der Waals surface area (Å²) in [6.07, 6.45) is 28.1. The van der Waals surface area contributed by atoms with E-state index in [-0.39, 0.29) is 24.8 Å². The van der Waals surface area contributed by atoms with Crippen LogP contribution in [0.2, 0.25) is 0 Å². The summed E-state index contributed by atoms with van der Waals surface area (Å²) in [5, 5.41) is 0. The molecule has 126 valence electrons. The summed E-state index contributed by atoms with van der Waals surface area (Å²) in [5.41, 5.74) is 0. The maximum atomic E-state index is 2.42. The fraction of sp³-hybridized carbons (Fsp3) is 0.450. The van der Waals surface area contributed by atoms with Gasteiger partial charge in [0.1, 0.15) is 0 Å². The van der Waals surface area contributed by atoms with Crippen molar-refractivity contribution in [2.75, 3.05) is 0 Å². The quantitative estimate of drug-likeness (QED) is 0.437. The molecule has 4 aliphatic carbocycles. The third-order valence-electron chi connectivity index (χ3n) is 4.47. The van der Waals surface area contributed by atoms with Gasteiger partial charge in [0.15, 0.2) is 0 Å². The summed E-state index contributed by atoms with van der Waals surface area (Å²) in [6, 6.07) is 0. The van der Waals surface area contributed by atoms with Crippen LogP contribution in [0.15, 0.2) is 48.6 Å². The Kier molecular flexibility index (Phi) is 13.7. The molecule has 0 saturated heterocycles. The first-order valence-electron chi connectivity index (χ1n) is 8.17. The Balaban J connectivity index is 0.000000336. The van der Waals surface area contributed by atoms with Gasteiger partial charge in [0.25, 0.3) is 0 Å². The van der Waals surface area contributed by atoms with Crippen molar-refractivity contribution in [2.24, 2.45) is 23.7 Å². The van der Waals surface area contributed by atoms with Crippen LogP contribution < -0.4 is 24.8 Å². The van der Waals surface area contributed by atoms with Crippen molar-refractivity contribution in [3.05, 3.63) is 61.4 Å². The number of hydrogen-bond acceptors (Lipinski definition) is 0. The molecular formula is C20H26Cl2Zr-2. The van der Waals surface area contributed by atoms with Crippen molar-refractivity contribution < 1.29 is 49.0 Å². The van der Waals surface area contributed by atoms with E-state index in [0.717, 1.165) is 23.7 Å². The minimum absolute atomic E-state index is 0. The predicted octanol–water partition coefficient (Wildman–Crippen LogP) is -0.951. The zero-order chi connectivity index (χ0) is 14.9. The summed E-state index contributed by atoms with van der Waals surface area (Å²) < 4.78 is 2.09. The second kappa shape index (κ2) is 13.6. The summed E-state index contributed by atoms with van der Waals surface area (Å²) in [4.78, 5) is 0. The Morgan fingerprint density at radius 2 is 1.13 bits per heavy atom. The van der Waals surface area contributed by atoms with E-state index in [4.69, 9.17) is 0 Å². The molecule has 2 saturated carbocycles. The molecule has 0 aromatic carbocycles. The van der Waals surface area contributed by atoms with Gasteiger partial charge in [-0.2, -0.15) is 12.8 Å². The molecule has 2 fully saturated rings. The molecule has 23 heavy (non-hydrogen) atoms. The second-order valence-electron chi connectivity index (χ2n) is 5.94. The smallest absolute Gasteiger partial charge is 1.00 e. The molecule has 0 aromatic heterocycles. The number of hydrogen-bond donors (Lipinski definition) is 0. The first-order chi connectivity index (χ1) is 10.3. The molecule has 0 aromatic rings. The molecule has 0 bridgehead atoms. The van der Waals surface area contributed by atoms with Gasteiger partial charge in [-0.25, -0.2) is 0 Å². The van der Waals surface area contributed by atoms with E-state index in [2.05, 4.69) is 65.2 Å². The number of allylic oxidation sites excluding steroid dienone is 8. The second-order valence-corrected chi connectivity index (χ2v) is 7.36. The van der Waals surface area contributed by atoms with Crippen molar-refractivity contribution in [3.8, 4) is 0 Å². The van der Waals surface area contributed by atoms with Crippen LogP contribution >= 0.6 is 0 Å². The molecule has 0 radical (unpaired) electrons. The van der Waals surface area contributed by atoms with Crippen LogP contribution in [0.3, 0.4) is 0 Å². The number of halogens is 2. The van der Waals surface area contributed by atoms with Crippen LogP contribution in [0.5, 0.6) is 0 Å². The van der Waals surface area contributed by atoms with Gasteiger partial charge in [-0.15, -0.1) is 24.0 Å². The molecule has 3 heteroatoms.